The first-order valence-electron chi connectivity index (χ1n) is 8.21. The van der Waals surface area contributed by atoms with E-state index in [-0.39, 0.29) is 0 Å². The summed E-state index contributed by atoms with van der Waals surface area (Å²) in [5.74, 6) is 0. The summed E-state index contributed by atoms with van der Waals surface area (Å²) < 4.78 is 0. The van der Waals surface area contributed by atoms with E-state index in [1.54, 1.807) is 11.8 Å². The Morgan fingerprint density at radius 2 is 1.61 bits per heavy atom. The molecule has 0 heterocycles. The fourth-order valence-electron chi connectivity index (χ4n) is 2.87. The predicted octanol–water partition coefficient (Wildman–Crippen LogP) is 5.46. The average molecular weight is 343 g/mol. The van der Waals surface area contributed by atoms with Gasteiger partial charge in [-0.15, -0.1) is 0 Å². The number of hydrogen-bond donors (Lipinski definition) is 2. The van der Waals surface area contributed by atoms with E-state index in [0.717, 1.165) is 10.8 Å². The maximum atomic E-state index is 5.51. The van der Waals surface area contributed by atoms with Crippen LogP contribution >= 0.6 is 24.0 Å². The van der Waals surface area contributed by atoms with E-state index >= 15 is 0 Å². The van der Waals surface area contributed by atoms with Crippen molar-refractivity contribution in [3.63, 3.8) is 0 Å². The quantitative estimate of drug-likeness (QED) is 0.721. The first-order valence-corrected chi connectivity index (χ1v) is 9.43. The molecule has 1 aliphatic rings. The standard InChI is InChI=1S/C19H22N2S2/c22-19(20-15-9-3-1-4-10-15)21-17-13-7-8-14-18(17)23-16-11-5-2-6-12-16/h2,5-8,11-15H,1,3-4,9-10H2,(H2,20,21,22). The lowest BCUT2D eigenvalue weighted by molar-refractivity contribution is 0.415. The second-order valence-corrected chi connectivity index (χ2v) is 7.37. The van der Waals surface area contributed by atoms with Crippen LogP contribution in [0.5, 0.6) is 0 Å². The zero-order chi connectivity index (χ0) is 15.9. The van der Waals surface area contributed by atoms with Crippen molar-refractivity contribution >= 4 is 34.8 Å². The largest absolute Gasteiger partial charge is 0.360 e. The smallest absolute Gasteiger partial charge is 0.171 e. The fourth-order valence-corrected chi connectivity index (χ4v) is 4.06. The molecule has 2 nitrogen and oxygen atoms in total. The highest BCUT2D eigenvalue weighted by molar-refractivity contribution is 7.99. The lowest BCUT2D eigenvalue weighted by atomic mass is 9.96. The number of hydrogen-bond acceptors (Lipinski definition) is 2. The molecule has 0 unspecified atom stereocenters. The van der Waals surface area contributed by atoms with Gasteiger partial charge in [0.1, 0.15) is 0 Å². The molecule has 0 radical (unpaired) electrons. The van der Waals surface area contributed by atoms with Crippen molar-refractivity contribution in [1.82, 2.24) is 5.32 Å². The summed E-state index contributed by atoms with van der Waals surface area (Å²) in [5.41, 5.74) is 1.06. The monoisotopic (exact) mass is 342 g/mol. The molecular formula is C19H22N2S2. The number of para-hydroxylation sites is 1. The van der Waals surface area contributed by atoms with Crippen LogP contribution in [0.2, 0.25) is 0 Å². The van der Waals surface area contributed by atoms with Gasteiger partial charge < -0.3 is 10.6 Å². The summed E-state index contributed by atoms with van der Waals surface area (Å²) in [6.45, 7) is 0. The van der Waals surface area contributed by atoms with E-state index < -0.39 is 0 Å². The zero-order valence-corrected chi connectivity index (χ0v) is 14.8. The van der Waals surface area contributed by atoms with Gasteiger partial charge in [0.2, 0.25) is 0 Å². The van der Waals surface area contributed by atoms with Gasteiger partial charge >= 0.3 is 0 Å². The Hall–Kier alpha value is -1.52. The van der Waals surface area contributed by atoms with E-state index in [4.69, 9.17) is 12.2 Å². The molecule has 4 heteroatoms. The maximum absolute atomic E-state index is 5.51. The van der Waals surface area contributed by atoms with Crippen molar-refractivity contribution in [2.75, 3.05) is 5.32 Å². The molecule has 0 spiro atoms. The van der Waals surface area contributed by atoms with Crippen LogP contribution in [0.3, 0.4) is 0 Å². The van der Waals surface area contributed by atoms with Crippen LogP contribution in [0, 0.1) is 0 Å². The molecule has 2 aromatic carbocycles. The first-order chi connectivity index (χ1) is 11.3. The van der Waals surface area contributed by atoms with E-state index in [1.165, 1.54) is 41.9 Å². The SMILES string of the molecule is S=C(Nc1ccccc1Sc1ccccc1)NC1CCCCC1. The van der Waals surface area contributed by atoms with Crippen LogP contribution < -0.4 is 10.6 Å². The van der Waals surface area contributed by atoms with E-state index in [1.807, 2.05) is 12.1 Å². The van der Waals surface area contributed by atoms with Crippen LogP contribution in [0.1, 0.15) is 32.1 Å². The highest BCUT2D eigenvalue weighted by Gasteiger charge is 2.14. The van der Waals surface area contributed by atoms with Crippen molar-refractivity contribution in [3.05, 3.63) is 54.6 Å². The number of nitrogens with one attached hydrogen (secondary N) is 2. The molecule has 1 saturated carbocycles. The van der Waals surface area contributed by atoms with Crippen molar-refractivity contribution in [2.24, 2.45) is 0 Å². The molecule has 23 heavy (non-hydrogen) atoms. The van der Waals surface area contributed by atoms with Crippen molar-refractivity contribution in [2.45, 2.75) is 47.9 Å². The Labute approximate surface area is 148 Å². The summed E-state index contributed by atoms with van der Waals surface area (Å²) >= 11 is 7.26. The van der Waals surface area contributed by atoms with E-state index in [9.17, 15) is 0 Å². The van der Waals surface area contributed by atoms with E-state index in [0.29, 0.717) is 6.04 Å². The summed E-state index contributed by atoms with van der Waals surface area (Å²) in [4.78, 5) is 2.42. The Bertz CT molecular complexity index is 637. The lowest BCUT2D eigenvalue weighted by Gasteiger charge is -2.24. The normalized spacial score (nSPS) is 15.1. The average Bonchev–Trinajstić information content (AvgIpc) is 2.58. The van der Waals surface area contributed by atoms with Crippen LogP contribution in [-0.4, -0.2) is 11.2 Å². The molecule has 2 N–H and O–H groups in total. The van der Waals surface area contributed by atoms with Crippen LogP contribution in [0.25, 0.3) is 0 Å². The van der Waals surface area contributed by atoms with Crippen molar-refractivity contribution in [3.8, 4) is 0 Å². The lowest BCUT2D eigenvalue weighted by Crippen LogP contribution is -2.38. The Balaban J connectivity index is 1.64. The third-order valence-electron chi connectivity index (χ3n) is 4.05. The summed E-state index contributed by atoms with van der Waals surface area (Å²) in [6.07, 6.45) is 6.42. The van der Waals surface area contributed by atoms with Crippen LogP contribution in [-0.2, 0) is 0 Å². The molecule has 120 valence electrons. The number of rotatable bonds is 4. The minimum atomic E-state index is 0.526. The Morgan fingerprint density at radius 1 is 0.913 bits per heavy atom. The molecular weight excluding hydrogens is 320 g/mol. The Kier molecular flexibility index (Phi) is 5.94. The molecule has 0 aliphatic heterocycles. The van der Waals surface area contributed by atoms with Gasteiger partial charge in [-0.3, -0.25) is 0 Å². The second kappa shape index (κ2) is 8.37. The molecule has 0 bridgehead atoms. The van der Waals surface area contributed by atoms with Gasteiger partial charge in [0.25, 0.3) is 0 Å². The number of anilines is 1. The van der Waals surface area contributed by atoms with Gasteiger partial charge in [-0.2, -0.15) is 0 Å². The van der Waals surface area contributed by atoms with Gasteiger partial charge in [0.05, 0.1) is 5.69 Å². The van der Waals surface area contributed by atoms with Gasteiger partial charge in [-0.05, 0) is 49.3 Å². The summed E-state index contributed by atoms with van der Waals surface area (Å²) in [6, 6.07) is 19.3. The molecule has 1 aliphatic carbocycles. The molecule has 3 rings (SSSR count). The first kappa shape index (κ1) is 16.3. The van der Waals surface area contributed by atoms with Crippen molar-refractivity contribution in [1.29, 1.82) is 0 Å². The summed E-state index contributed by atoms with van der Waals surface area (Å²) in [7, 11) is 0. The molecule has 0 atom stereocenters. The van der Waals surface area contributed by atoms with E-state index in [2.05, 4.69) is 53.1 Å². The third-order valence-corrected chi connectivity index (χ3v) is 5.35. The zero-order valence-electron chi connectivity index (χ0n) is 13.1. The minimum absolute atomic E-state index is 0.526. The van der Waals surface area contributed by atoms with Gasteiger partial charge in [0.15, 0.2) is 5.11 Å². The van der Waals surface area contributed by atoms with Crippen LogP contribution in [0.15, 0.2) is 64.4 Å². The molecule has 1 fully saturated rings. The summed E-state index contributed by atoms with van der Waals surface area (Å²) in [5, 5.41) is 7.58. The number of thiocarbonyl (C=S) groups is 1. The third kappa shape index (κ3) is 4.98. The van der Waals surface area contributed by atoms with Crippen LogP contribution in [0.4, 0.5) is 5.69 Å². The fraction of sp³-hybridized carbons (Fsp3) is 0.316. The van der Waals surface area contributed by atoms with Gasteiger partial charge in [-0.25, -0.2) is 0 Å². The molecule has 0 amide bonds. The highest BCUT2D eigenvalue weighted by Crippen LogP contribution is 2.33. The maximum Gasteiger partial charge on any atom is 0.171 e. The molecule has 2 aromatic rings. The molecule has 0 saturated heterocycles. The number of benzene rings is 2. The minimum Gasteiger partial charge on any atom is -0.360 e. The predicted molar refractivity (Wildman–Crippen MR) is 103 cm³/mol. The highest BCUT2D eigenvalue weighted by atomic mass is 32.2. The topological polar surface area (TPSA) is 24.1 Å². The van der Waals surface area contributed by atoms with Crippen molar-refractivity contribution < 1.29 is 0 Å². The Morgan fingerprint density at radius 3 is 2.39 bits per heavy atom. The van der Waals surface area contributed by atoms with Gasteiger partial charge in [0, 0.05) is 15.8 Å². The van der Waals surface area contributed by atoms with Gasteiger partial charge in [-0.1, -0.05) is 61.4 Å². The molecule has 0 aromatic heterocycles. The second-order valence-electron chi connectivity index (χ2n) is 5.84.